The van der Waals surface area contributed by atoms with E-state index in [0.717, 1.165) is 44.1 Å². The molecule has 1 unspecified atom stereocenters. The molecule has 1 aromatic rings. The van der Waals surface area contributed by atoms with Crippen LogP contribution < -0.4 is 15.4 Å². The van der Waals surface area contributed by atoms with Crippen molar-refractivity contribution in [2.45, 2.75) is 25.8 Å². The largest absolute Gasteiger partial charge is 0.490 e. The fraction of sp³-hybridized carbons (Fsp3) is 0.583. The fourth-order valence-corrected chi connectivity index (χ4v) is 1.80. The maximum atomic E-state index is 5.65. The van der Waals surface area contributed by atoms with Crippen LogP contribution in [0.15, 0.2) is 18.3 Å². The molecular weight excluding hydrogens is 202 g/mol. The van der Waals surface area contributed by atoms with Crippen LogP contribution in [0.2, 0.25) is 0 Å². The Hall–Kier alpha value is -1.29. The lowest BCUT2D eigenvalue weighted by Gasteiger charge is -2.15. The summed E-state index contributed by atoms with van der Waals surface area (Å²) in [7, 11) is 0. The second-order valence-electron chi connectivity index (χ2n) is 4.03. The molecule has 4 nitrogen and oxygen atoms in total. The van der Waals surface area contributed by atoms with Crippen molar-refractivity contribution in [3.63, 3.8) is 0 Å². The number of hydrogen-bond acceptors (Lipinski definition) is 4. The standard InChI is InChI=1S/C12H19N3O/c1-2-8-16-11-4-3-6-14-12(11)15-10-5-7-13-9-10/h3-4,6,10,13H,2,5,7-9H2,1H3,(H,14,15). The van der Waals surface area contributed by atoms with E-state index in [1.807, 2.05) is 12.1 Å². The van der Waals surface area contributed by atoms with Crippen molar-refractivity contribution in [1.82, 2.24) is 10.3 Å². The van der Waals surface area contributed by atoms with Gasteiger partial charge in [-0.25, -0.2) is 4.98 Å². The van der Waals surface area contributed by atoms with Crippen molar-refractivity contribution >= 4 is 5.82 Å². The number of aromatic nitrogens is 1. The van der Waals surface area contributed by atoms with Crippen LogP contribution in [0.25, 0.3) is 0 Å². The Morgan fingerprint density at radius 1 is 1.62 bits per heavy atom. The highest BCUT2D eigenvalue weighted by Gasteiger charge is 2.16. The molecule has 1 aromatic heterocycles. The minimum absolute atomic E-state index is 0.471. The summed E-state index contributed by atoms with van der Waals surface area (Å²) in [6.45, 7) is 4.92. The third kappa shape index (κ3) is 2.85. The van der Waals surface area contributed by atoms with Crippen LogP contribution in [0.5, 0.6) is 5.75 Å². The first-order valence-corrected chi connectivity index (χ1v) is 5.95. The normalized spacial score (nSPS) is 19.7. The van der Waals surface area contributed by atoms with Crippen molar-refractivity contribution in [2.24, 2.45) is 0 Å². The molecule has 0 spiro atoms. The van der Waals surface area contributed by atoms with Gasteiger partial charge in [-0.15, -0.1) is 0 Å². The zero-order valence-corrected chi connectivity index (χ0v) is 9.70. The van der Waals surface area contributed by atoms with E-state index in [-0.39, 0.29) is 0 Å². The predicted octanol–water partition coefficient (Wildman–Crippen LogP) is 1.64. The van der Waals surface area contributed by atoms with E-state index in [4.69, 9.17) is 4.74 Å². The topological polar surface area (TPSA) is 46.2 Å². The van der Waals surface area contributed by atoms with Crippen molar-refractivity contribution in [2.75, 3.05) is 25.0 Å². The number of pyridine rings is 1. The molecule has 1 atom stereocenters. The van der Waals surface area contributed by atoms with Crippen LogP contribution in [0.4, 0.5) is 5.82 Å². The van der Waals surface area contributed by atoms with Crippen molar-refractivity contribution in [1.29, 1.82) is 0 Å². The van der Waals surface area contributed by atoms with E-state index >= 15 is 0 Å². The van der Waals surface area contributed by atoms with Gasteiger partial charge in [0.1, 0.15) is 0 Å². The van der Waals surface area contributed by atoms with Crippen LogP contribution in [-0.2, 0) is 0 Å². The number of rotatable bonds is 5. The molecule has 2 rings (SSSR count). The summed E-state index contributed by atoms with van der Waals surface area (Å²) in [6.07, 6.45) is 3.95. The summed E-state index contributed by atoms with van der Waals surface area (Å²) < 4.78 is 5.65. The van der Waals surface area contributed by atoms with Gasteiger partial charge in [0.05, 0.1) is 6.61 Å². The van der Waals surface area contributed by atoms with Crippen LogP contribution in [0.1, 0.15) is 19.8 Å². The second kappa shape index (κ2) is 5.70. The minimum atomic E-state index is 0.471. The first-order valence-electron chi connectivity index (χ1n) is 5.95. The van der Waals surface area contributed by atoms with Gasteiger partial charge in [-0.05, 0) is 31.5 Å². The third-order valence-corrected chi connectivity index (χ3v) is 2.63. The third-order valence-electron chi connectivity index (χ3n) is 2.63. The molecule has 16 heavy (non-hydrogen) atoms. The maximum absolute atomic E-state index is 5.65. The van der Waals surface area contributed by atoms with Gasteiger partial charge in [0.2, 0.25) is 0 Å². The van der Waals surface area contributed by atoms with E-state index in [0.29, 0.717) is 6.04 Å². The molecule has 2 heterocycles. The second-order valence-corrected chi connectivity index (χ2v) is 4.03. The van der Waals surface area contributed by atoms with Gasteiger partial charge in [-0.1, -0.05) is 6.92 Å². The number of ether oxygens (including phenoxy) is 1. The molecule has 0 aromatic carbocycles. The van der Waals surface area contributed by atoms with Crippen molar-refractivity contribution in [3.05, 3.63) is 18.3 Å². The van der Waals surface area contributed by atoms with Gasteiger partial charge in [0.25, 0.3) is 0 Å². The van der Waals surface area contributed by atoms with E-state index in [1.54, 1.807) is 6.20 Å². The highest BCUT2D eigenvalue weighted by Crippen LogP contribution is 2.22. The summed E-state index contributed by atoms with van der Waals surface area (Å²) in [6, 6.07) is 4.34. The number of nitrogens with zero attached hydrogens (tertiary/aromatic N) is 1. The Bertz CT molecular complexity index is 324. The zero-order valence-electron chi connectivity index (χ0n) is 9.70. The fourth-order valence-electron chi connectivity index (χ4n) is 1.80. The Morgan fingerprint density at radius 3 is 3.31 bits per heavy atom. The summed E-state index contributed by atoms with van der Waals surface area (Å²) >= 11 is 0. The van der Waals surface area contributed by atoms with Gasteiger partial charge in [-0.2, -0.15) is 0 Å². The zero-order chi connectivity index (χ0) is 11.2. The van der Waals surface area contributed by atoms with Crippen LogP contribution in [0, 0.1) is 0 Å². The average molecular weight is 221 g/mol. The average Bonchev–Trinajstić information content (AvgIpc) is 2.81. The van der Waals surface area contributed by atoms with Crippen LogP contribution >= 0.6 is 0 Å². The highest BCUT2D eigenvalue weighted by molar-refractivity contribution is 5.50. The summed E-state index contributed by atoms with van der Waals surface area (Å²) in [5.41, 5.74) is 0. The summed E-state index contributed by atoms with van der Waals surface area (Å²) in [4.78, 5) is 4.33. The Morgan fingerprint density at radius 2 is 2.56 bits per heavy atom. The lowest BCUT2D eigenvalue weighted by molar-refractivity contribution is 0.317. The molecule has 0 bridgehead atoms. The Labute approximate surface area is 96.4 Å². The van der Waals surface area contributed by atoms with E-state index in [2.05, 4.69) is 22.5 Å². The Kier molecular flexibility index (Phi) is 3.99. The monoisotopic (exact) mass is 221 g/mol. The predicted molar refractivity (Wildman–Crippen MR) is 64.9 cm³/mol. The quantitative estimate of drug-likeness (QED) is 0.793. The molecule has 1 fully saturated rings. The van der Waals surface area contributed by atoms with Gasteiger partial charge in [0.15, 0.2) is 11.6 Å². The lowest BCUT2D eigenvalue weighted by atomic mass is 10.2. The van der Waals surface area contributed by atoms with Gasteiger partial charge < -0.3 is 15.4 Å². The lowest BCUT2D eigenvalue weighted by Crippen LogP contribution is -2.23. The molecule has 0 aliphatic carbocycles. The first-order chi connectivity index (χ1) is 7.90. The molecule has 0 amide bonds. The molecule has 1 aliphatic rings. The molecular formula is C12H19N3O. The van der Waals surface area contributed by atoms with Gasteiger partial charge in [-0.3, -0.25) is 0 Å². The molecule has 1 aliphatic heterocycles. The van der Waals surface area contributed by atoms with Crippen LogP contribution in [0.3, 0.4) is 0 Å². The Balaban J connectivity index is 2.00. The molecule has 1 saturated heterocycles. The summed E-state index contributed by atoms with van der Waals surface area (Å²) in [5.74, 6) is 1.72. The number of nitrogens with one attached hydrogen (secondary N) is 2. The number of anilines is 1. The van der Waals surface area contributed by atoms with Crippen LogP contribution in [-0.4, -0.2) is 30.7 Å². The maximum Gasteiger partial charge on any atom is 0.169 e. The van der Waals surface area contributed by atoms with Gasteiger partial charge in [0, 0.05) is 18.8 Å². The minimum Gasteiger partial charge on any atom is -0.490 e. The molecule has 0 radical (unpaired) electrons. The van der Waals surface area contributed by atoms with E-state index in [9.17, 15) is 0 Å². The SMILES string of the molecule is CCCOc1cccnc1NC1CCNC1. The highest BCUT2D eigenvalue weighted by atomic mass is 16.5. The smallest absolute Gasteiger partial charge is 0.169 e. The van der Waals surface area contributed by atoms with Crippen molar-refractivity contribution in [3.8, 4) is 5.75 Å². The van der Waals surface area contributed by atoms with Crippen molar-refractivity contribution < 1.29 is 4.74 Å². The molecule has 88 valence electrons. The van der Waals surface area contributed by atoms with E-state index < -0.39 is 0 Å². The molecule has 4 heteroatoms. The molecule has 2 N–H and O–H groups in total. The first kappa shape index (κ1) is 11.2. The number of hydrogen-bond donors (Lipinski definition) is 2. The van der Waals surface area contributed by atoms with Gasteiger partial charge >= 0.3 is 0 Å². The summed E-state index contributed by atoms with van der Waals surface area (Å²) in [5, 5.41) is 6.74. The van der Waals surface area contributed by atoms with E-state index in [1.165, 1.54) is 0 Å². The molecule has 0 saturated carbocycles.